The van der Waals surface area contributed by atoms with Gasteiger partial charge in [0.15, 0.2) is 6.04 Å². The number of hydrogen-bond donors (Lipinski definition) is 3. The topological polar surface area (TPSA) is 89.9 Å². The van der Waals surface area contributed by atoms with E-state index in [0.717, 1.165) is 17.7 Å². The van der Waals surface area contributed by atoms with E-state index in [1.54, 1.807) is 0 Å². The Morgan fingerprint density at radius 3 is 2.78 bits per heavy atom. The minimum atomic E-state index is -1.27. The van der Waals surface area contributed by atoms with Crippen molar-refractivity contribution in [1.29, 1.82) is 0 Å². The molecule has 18 heavy (non-hydrogen) atoms. The number of benzene rings is 1. The number of carbonyl (C=O) groups excluding carboxylic acids is 1. The van der Waals surface area contributed by atoms with Crippen molar-refractivity contribution in [2.75, 3.05) is 18.1 Å². The molecule has 6 heteroatoms. The highest BCUT2D eigenvalue weighted by molar-refractivity contribution is 5.96. The lowest BCUT2D eigenvalue weighted by molar-refractivity contribution is -0.140. The molecule has 1 heterocycles. The number of aliphatic hydroxyl groups is 1. The smallest absolute Gasteiger partial charge is 0.328 e. The predicted molar refractivity (Wildman–Crippen MR) is 64.5 cm³/mol. The highest BCUT2D eigenvalue weighted by Crippen LogP contribution is 2.27. The average molecular weight is 250 g/mol. The number of carboxylic acid groups (broad SMARTS) is 1. The molecule has 1 aliphatic heterocycles. The summed E-state index contributed by atoms with van der Waals surface area (Å²) in [6.07, 6.45) is 0.750. The number of fused-ring (bicyclic) bond motifs is 1. The Morgan fingerprint density at radius 2 is 2.11 bits per heavy atom. The first-order chi connectivity index (χ1) is 8.63. The third-order valence-corrected chi connectivity index (χ3v) is 2.91. The molecule has 3 N–H and O–H groups in total. The molecule has 96 valence electrons. The van der Waals surface area contributed by atoms with Crippen LogP contribution in [0.3, 0.4) is 0 Å². The SMILES string of the molecule is O=C(O)[C@H](CO)NC(=O)N1CCc2ccccc21. The number of aliphatic carboxylic acids is 1. The summed E-state index contributed by atoms with van der Waals surface area (Å²) in [5, 5.41) is 19.9. The summed E-state index contributed by atoms with van der Waals surface area (Å²) >= 11 is 0. The van der Waals surface area contributed by atoms with Gasteiger partial charge in [-0.3, -0.25) is 4.90 Å². The summed E-state index contributed by atoms with van der Waals surface area (Å²) in [6, 6.07) is 5.70. The molecule has 0 saturated carbocycles. The molecule has 1 atom stereocenters. The van der Waals surface area contributed by atoms with Crippen molar-refractivity contribution in [3.8, 4) is 0 Å². The van der Waals surface area contributed by atoms with Gasteiger partial charge in [-0.25, -0.2) is 9.59 Å². The summed E-state index contributed by atoms with van der Waals surface area (Å²) in [5.41, 5.74) is 1.85. The molecular weight excluding hydrogens is 236 g/mol. The van der Waals surface area contributed by atoms with E-state index in [4.69, 9.17) is 10.2 Å². The first-order valence-electron chi connectivity index (χ1n) is 5.63. The molecule has 1 aromatic rings. The van der Waals surface area contributed by atoms with Crippen molar-refractivity contribution in [1.82, 2.24) is 5.32 Å². The Balaban J connectivity index is 2.10. The van der Waals surface area contributed by atoms with Crippen LogP contribution in [0.25, 0.3) is 0 Å². The third-order valence-electron chi connectivity index (χ3n) is 2.91. The molecule has 2 rings (SSSR count). The quantitative estimate of drug-likeness (QED) is 0.715. The molecule has 0 bridgehead atoms. The van der Waals surface area contributed by atoms with Gasteiger partial charge in [-0.15, -0.1) is 0 Å². The fraction of sp³-hybridized carbons (Fsp3) is 0.333. The number of carboxylic acids is 1. The van der Waals surface area contributed by atoms with Gasteiger partial charge in [0.2, 0.25) is 0 Å². The number of hydrogen-bond acceptors (Lipinski definition) is 3. The lowest BCUT2D eigenvalue weighted by Gasteiger charge is -2.20. The van der Waals surface area contributed by atoms with E-state index < -0.39 is 24.6 Å². The highest BCUT2D eigenvalue weighted by atomic mass is 16.4. The van der Waals surface area contributed by atoms with E-state index in [0.29, 0.717) is 6.54 Å². The first-order valence-corrected chi connectivity index (χ1v) is 5.63. The lowest BCUT2D eigenvalue weighted by atomic mass is 10.2. The Labute approximate surface area is 104 Å². The van der Waals surface area contributed by atoms with Crippen LogP contribution in [0.1, 0.15) is 5.56 Å². The molecule has 0 aromatic heterocycles. The van der Waals surface area contributed by atoms with Gasteiger partial charge >= 0.3 is 12.0 Å². The number of rotatable bonds is 3. The summed E-state index contributed by atoms with van der Waals surface area (Å²) < 4.78 is 0. The van der Waals surface area contributed by atoms with E-state index in [-0.39, 0.29) is 0 Å². The molecule has 1 aromatic carbocycles. The summed E-state index contributed by atoms with van der Waals surface area (Å²) in [5.74, 6) is -1.25. The summed E-state index contributed by atoms with van der Waals surface area (Å²) in [6.45, 7) is -0.112. The monoisotopic (exact) mass is 250 g/mol. The molecular formula is C12H14N2O4. The van der Waals surface area contributed by atoms with E-state index >= 15 is 0 Å². The lowest BCUT2D eigenvalue weighted by Crippen LogP contribution is -2.49. The van der Waals surface area contributed by atoms with Gasteiger partial charge in [-0.05, 0) is 18.1 Å². The number of nitrogens with one attached hydrogen (secondary N) is 1. The van der Waals surface area contributed by atoms with Crippen molar-refractivity contribution < 1.29 is 19.8 Å². The normalized spacial score (nSPS) is 15.1. The second kappa shape index (κ2) is 5.05. The van der Waals surface area contributed by atoms with Crippen LogP contribution in [0.15, 0.2) is 24.3 Å². The van der Waals surface area contributed by atoms with Gasteiger partial charge in [0.05, 0.1) is 6.61 Å². The van der Waals surface area contributed by atoms with E-state index in [2.05, 4.69) is 5.32 Å². The fourth-order valence-corrected chi connectivity index (χ4v) is 1.96. The Hall–Kier alpha value is -2.08. The zero-order chi connectivity index (χ0) is 13.1. The van der Waals surface area contributed by atoms with Crippen molar-refractivity contribution in [2.45, 2.75) is 12.5 Å². The molecule has 0 aliphatic carbocycles. The van der Waals surface area contributed by atoms with Crippen molar-refractivity contribution in [3.05, 3.63) is 29.8 Å². The number of anilines is 1. The number of aliphatic hydroxyl groups excluding tert-OH is 1. The number of amides is 2. The molecule has 0 spiro atoms. The van der Waals surface area contributed by atoms with Crippen molar-refractivity contribution in [2.24, 2.45) is 0 Å². The van der Waals surface area contributed by atoms with Gasteiger partial charge in [0, 0.05) is 12.2 Å². The van der Waals surface area contributed by atoms with Gasteiger partial charge < -0.3 is 15.5 Å². The zero-order valence-corrected chi connectivity index (χ0v) is 9.67. The van der Waals surface area contributed by atoms with Crippen LogP contribution < -0.4 is 10.2 Å². The number of carbonyl (C=O) groups is 2. The second-order valence-electron chi connectivity index (χ2n) is 4.05. The Kier molecular flexibility index (Phi) is 3.47. The molecule has 0 radical (unpaired) electrons. The maximum absolute atomic E-state index is 11.9. The molecule has 0 fully saturated rings. The van der Waals surface area contributed by atoms with E-state index in [1.807, 2.05) is 24.3 Å². The molecule has 0 unspecified atom stereocenters. The Bertz CT molecular complexity index is 475. The summed E-state index contributed by atoms with van der Waals surface area (Å²) in [4.78, 5) is 24.1. The van der Waals surface area contributed by atoms with Gasteiger partial charge in [-0.1, -0.05) is 18.2 Å². The van der Waals surface area contributed by atoms with Crippen LogP contribution in [-0.4, -0.2) is 41.4 Å². The second-order valence-corrected chi connectivity index (χ2v) is 4.05. The fourth-order valence-electron chi connectivity index (χ4n) is 1.96. The summed E-state index contributed by atoms with van der Waals surface area (Å²) in [7, 11) is 0. The molecule has 6 nitrogen and oxygen atoms in total. The van der Waals surface area contributed by atoms with Crippen molar-refractivity contribution in [3.63, 3.8) is 0 Å². The largest absolute Gasteiger partial charge is 0.480 e. The number of para-hydroxylation sites is 1. The third kappa shape index (κ3) is 2.28. The number of nitrogens with zero attached hydrogens (tertiary/aromatic N) is 1. The van der Waals surface area contributed by atoms with Gasteiger partial charge in [0.25, 0.3) is 0 Å². The Morgan fingerprint density at radius 1 is 1.39 bits per heavy atom. The van der Waals surface area contributed by atoms with Crippen LogP contribution >= 0.6 is 0 Å². The van der Waals surface area contributed by atoms with Crippen LogP contribution in [0.4, 0.5) is 10.5 Å². The molecule has 0 saturated heterocycles. The molecule has 1 aliphatic rings. The van der Waals surface area contributed by atoms with E-state index in [1.165, 1.54) is 4.90 Å². The van der Waals surface area contributed by atoms with Crippen LogP contribution in [0.5, 0.6) is 0 Å². The minimum Gasteiger partial charge on any atom is -0.480 e. The van der Waals surface area contributed by atoms with Crippen LogP contribution in [-0.2, 0) is 11.2 Å². The molecule has 2 amide bonds. The first kappa shape index (κ1) is 12.4. The van der Waals surface area contributed by atoms with Crippen molar-refractivity contribution >= 4 is 17.7 Å². The van der Waals surface area contributed by atoms with Crippen LogP contribution in [0, 0.1) is 0 Å². The zero-order valence-electron chi connectivity index (χ0n) is 9.67. The van der Waals surface area contributed by atoms with E-state index in [9.17, 15) is 9.59 Å². The predicted octanol–water partition coefficient (Wildman–Crippen LogP) is 0.204. The number of urea groups is 1. The highest BCUT2D eigenvalue weighted by Gasteiger charge is 2.27. The minimum absolute atomic E-state index is 0.499. The van der Waals surface area contributed by atoms with Gasteiger partial charge in [0.1, 0.15) is 0 Å². The average Bonchev–Trinajstić information content (AvgIpc) is 2.79. The van der Waals surface area contributed by atoms with Crippen LogP contribution in [0.2, 0.25) is 0 Å². The maximum atomic E-state index is 11.9. The standard InChI is InChI=1S/C12H14N2O4/c15-7-9(11(16)17)13-12(18)14-6-5-8-3-1-2-4-10(8)14/h1-4,9,15H,5-7H2,(H,13,18)(H,16,17)/t9-/m0/s1. The van der Waals surface area contributed by atoms with Gasteiger partial charge in [-0.2, -0.15) is 0 Å². The maximum Gasteiger partial charge on any atom is 0.328 e.